The van der Waals surface area contributed by atoms with E-state index >= 15 is 0 Å². The SMILES string of the molecule is CC(C)c1cc(C(C)C)c(S(=O)(=O)c2c[nH]nn2)c(C(C)C)c1. The van der Waals surface area contributed by atoms with E-state index in [2.05, 4.69) is 29.3 Å². The monoisotopic (exact) mass is 335 g/mol. The lowest BCUT2D eigenvalue weighted by Gasteiger charge is -2.22. The molecular formula is C17H25N3O2S. The Morgan fingerprint density at radius 2 is 1.43 bits per heavy atom. The molecular weight excluding hydrogens is 310 g/mol. The predicted molar refractivity (Wildman–Crippen MR) is 90.5 cm³/mol. The second-order valence-corrected chi connectivity index (χ2v) is 8.64. The second-order valence-electron chi connectivity index (χ2n) is 6.81. The van der Waals surface area contributed by atoms with Gasteiger partial charge in [-0.1, -0.05) is 58.9 Å². The second kappa shape index (κ2) is 6.43. The van der Waals surface area contributed by atoms with Crippen LogP contribution in [0.4, 0.5) is 0 Å². The first kappa shape index (κ1) is 17.7. The van der Waals surface area contributed by atoms with Crippen LogP contribution >= 0.6 is 0 Å². The van der Waals surface area contributed by atoms with E-state index in [1.54, 1.807) is 0 Å². The fourth-order valence-electron chi connectivity index (χ4n) is 2.63. The van der Waals surface area contributed by atoms with Gasteiger partial charge < -0.3 is 0 Å². The smallest absolute Gasteiger partial charge is 0.227 e. The van der Waals surface area contributed by atoms with Crippen LogP contribution in [-0.2, 0) is 9.84 Å². The van der Waals surface area contributed by atoms with E-state index in [0.29, 0.717) is 10.8 Å². The Kier molecular flexibility index (Phi) is 4.94. The minimum Gasteiger partial charge on any atom is -0.264 e. The summed E-state index contributed by atoms with van der Waals surface area (Å²) in [6, 6.07) is 4.04. The number of nitrogens with one attached hydrogen (secondary N) is 1. The number of hydrogen-bond acceptors (Lipinski definition) is 4. The molecule has 0 unspecified atom stereocenters. The van der Waals surface area contributed by atoms with Gasteiger partial charge >= 0.3 is 0 Å². The lowest BCUT2D eigenvalue weighted by molar-refractivity contribution is 0.586. The van der Waals surface area contributed by atoms with Crippen LogP contribution in [0, 0.1) is 0 Å². The molecule has 0 aliphatic heterocycles. The van der Waals surface area contributed by atoms with E-state index in [0.717, 1.165) is 16.7 Å². The summed E-state index contributed by atoms with van der Waals surface area (Å²) in [6.07, 6.45) is 1.33. The number of aromatic nitrogens is 3. The molecule has 0 atom stereocenters. The fraction of sp³-hybridized carbons (Fsp3) is 0.529. The van der Waals surface area contributed by atoms with E-state index in [9.17, 15) is 8.42 Å². The summed E-state index contributed by atoms with van der Waals surface area (Å²) in [5.41, 5.74) is 2.86. The summed E-state index contributed by atoms with van der Waals surface area (Å²) >= 11 is 0. The Morgan fingerprint density at radius 1 is 0.913 bits per heavy atom. The Morgan fingerprint density at radius 3 is 1.78 bits per heavy atom. The molecule has 0 amide bonds. The quantitative estimate of drug-likeness (QED) is 0.896. The molecule has 0 aliphatic rings. The third-order valence-electron chi connectivity index (χ3n) is 4.02. The largest absolute Gasteiger partial charge is 0.264 e. The summed E-state index contributed by atoms with van der Waals surface area (Å²) in [5.74, 6) is 0.541. The molecule has 0 fully saturated rings. The van der Waals surface area contributed by atoms with E-state index in [4.69, 9.17) is 0 Å². The summed E-state index contributed by atoms with van der Waals surface area (Å²) in [7, 11) is -3.69. The normalized spacial score (nSPS) is 12.6. The molecule has 0 bridgehead atoms. The molecule has 2 aromatic rings. The van der Waals surface area contributed by atoms with Gasteiger partial charge in [0.15, 0.2) is 0 Å². The molecule has 0 saturated carbocycles. The van der Waals surface area contributed by atoms with Gasteiger partial charge in [-0.15, -0.1) is 5.10 Å². The standard InChI is InChI=1S/C17H25N3O2S/c1-10(2)13-7-14(11(3)4)17(15(8-13)12(5)6)23(21,22)16-9-18-20-19-16/h7-12H,1-6H3,(H,18,19,20). The molecule has 6 heteroatoms. The zero-order valence-electron chi connectivity index (χ0n) is 14.6. The van der Waals surface area contributed by atoms with Crippen LogP contribution in [0.3, 0.4) is 0 Å². The maximum absolute atomic E-state index is 13.1. The van der Waals surface area contributed by atoms with Crippen molar-refractivity contribution in [3.05, 3.63) is 35.0 Å². The predicted octanol–water partition coefficient (Wildman–Crippen LogP) is 4.01. The van der Waals surface area contributed by atoms with Crippen LogP contribution in [0.5, 0.6) is 0 Å². The summed E-state index contributed by atoms with van der Waals surface area (Å²) in [6.45, 7) is 12.3. The average Bonchev–Trinajstić information content (AvgIpc) is 3.00. The molecule has 1 aromatic carbocycles. The molecule has 126 valence electrons. The van der Waals surface area contributed by atoms with Crippen molar-refractivity contribution in [1.29, 1.82) is 0 Å². The van der Waals surface area contributed by atoms with Gasteiger partial charge in [-0.2, -0.15) is 0 Å². The van der Waals surface area contributed by atoms with Crippen molar-refractivity contribution >= 4 is 9.84 Å². The molecule has 5 nitrogen and oxygen atoms in total. The van der Waals surface area contributed by atoms with Crippen LogP contribution in [0.15, 0.2) is 28.3 Å². The van der Waals surface area contributed by atoms with Gasteiger partial charge in [0.1, 0.15) is 0 Å². The van der Waals surface area contributed by atoms with Gasteiger partial charge in [-0.05, 0) is 34.4 Å². The number of aromatic amines is 1. The van der Waals surface area contributed by atoms with Crippen molar-refractivity contribution in [1.82, 2.24) is 15.4 Å². The Hall–Kier alpha value is -1.69. The van der Waals surface area contributed by atoms with Crippen LogP contribution < -0.4 is 0 Å². The zero-order chi connectivity index (χ0) is 17.4. The van der Waals surface area contributed by atoms with E-state index in [-0.39, 0.29) is 16.9 Å². The molecule has 0 saturated heterocycles. The first-order chi connectivity index (χ1) is 10.7. The minimum absolute atomic E-state index is 0.0291. The van der Waals surface area contributed by atoms with E-state index in [1.165, 1.54) is 6.20 Å². The topological polar surface area (TPSA) is 75.7 Å². The van der Waals surface area contributed by atoms with Crippen LogP contribution in [0.2, 0.25) is 0 Å². The maximum atomic E-state index is 13.1. The van der Waals surface area contributed by atoms with Crippen molar-refractivity contribution in [2.75, 3.05) is 0 Å². The zero-order valence-corrected chi connectivity index (χ0v) is 15.4. The van der Waals surface area contributed by atoms with E-state index in [1.807, 2.05) is 39.8 Å². The lowest BCUT2D eigenvalue weighted by Crippen LogP contribution is -2.13. The first-order valence-corrected chi connectivity index (χ1v) is 9.43. The van der Waals surface area contributed by atoms with Gasteiger partial charge in [0.25, 0.3) is 0 Å². The highest BCUT2D eigenvalue weighted by Crippen LogP contribution is 2.37. The molecule has 1 N–H and O–H groups in total. The van der Waals surface area contributed by atoms with Gasteiger partial charge in [-0.25, -0.2) is 8.42 Å². The average molecular weight is 335 g/mol. The van der Waals surface area contributed by atoms with Gasteiger partial charge in [0.2, 0.25) is 14.9 Å². The van der Waals surface area contributed by atoms with Gasteiger partial charge in [0.05, 0.1) is 11.1 Å². The number of benzene rings is 1. The maximum Gasteiger partial charge on any atom is 0.227 e. The number of sulfone groups is 1. The highest BCUT2D eigenvalue weighted by atomic mass is 32.2. The molecule has 0 spiro atoms. The Balaban J connectivity index is 2.85. The number of nitrogens with zero attached hydrogens (tertiary/aromatic N) is 2. The van der Waals surface area contributed by atoms with Gasteiger partial charge in [-0.3, -0.25) is 5.10 Å². The minimum atomic E-state index is -3.69. The van der Waals surface area contributed by atoms with Crippen molar-refractivity contribution in [2.24, 2.45) is 0 Å². The third-order valence-corrected chi connectivity index (χ3v) is 5.78. The molecule has 1 aromatic heterocycles. The molecule has 0 radical (unpaired) electrons. The Bertz CT molecular complexity index is 747. The number of hydrogen-bond donors (Lipinski definition) is 1. The molecule has 23 heavy (non-hydrogen) atoms. The molecule has 1 heterocycles. The summed E-state index contributed by atoms with van der Waals surface area (Å²) in [4.78, 5) is 0.390. The van der Waals surface area contributed by atoms with Crippen molar-refractivity contribution < 1.29 is 8.42 Å². The summed E-state index contributed by atoms with van der Waals surface area (Å²) in [5, 5.41) is 9.75. The third kappa shape index (κ3) is 3.32. The lowest BCUT2D eigenvalue weighted by atomic mass is 9.89. The van der Waals surface area contributed by atoms with E-state index < -0.39 is 9.84 Å². The van der Waals surface area contributed by atoms with Gasteiger partial charge in [0, 0.05) is 0 Å². The van der Waals surface area contributed by atoms with Crippen molar-refractivity contribution in [3.63, 3.8) is 0 Å². The van der Waals surface area contributed by atoms with Crippen molar-refractivity contribution in [2.45, 2.75) is 69.2 Å². The van der Waals surface area contributed by atoms with Crippen LogP contribution in [0.1, 0.15) is 76.0 Å². The molecule has 2 rings (SSSR count). The van der Waals surface area contributed by atoms with Crippen LogP contribution in [0.25, 0.3) is 0 Å². The molecule has 0 aliphatic carbocycles. The van der Waals surface area contributed by atoms with Crippen LogP contribution in [-0.4, -0.2) is 23.8 Å². The number of rotatable bonds is 5. The highest BCUT2D eigenvalue weighted by Gasteiger charge is 2.30. The summed E-state index contributed by atoms with van der Waals surface area (Å²) < 4.78 is 26.2. The number of H-pyrrole nitrogens is 1. The fourth-order valence-corrected chi connectivity index (χ4v) is 4.40. The van der Waals surface area contributed by atoms with Crippen molar-refractivity contribution in [3.8, 4) is 0 Å². The Labute approximate surface area is 138 Å². The highest BCUT2D eigenvalue weighted by molar-refractivity contribution is 7.91. The first-order valence-electron chi connectivity index (χ1n) is 7.95.